The molecule has 0 bridgehead atoms. The van der Waals surface area contributed by atoms with Gasteiger partial charge in [0.05, 0.1) is 12.1 Å². The number of hydrogen-bond acceptors (Lipinski definition) is 5. The number of aliphatic hydroxyl groups is 1. The normalized spacial score (nSPS) is 22.4. The van der Waals surface area contributed by atoms with Crippen molar-refractivity contribution in [3.63, 3.8) is 0 Å². The number of ether oxygens (including phenoxy) is 1. The molecular formula is C21H30N4O3. The van der Waals surface area contributed by atoms with Crippen LogP contribution in [0.15, 0.2) is 24.3 Å². The van der Waals surface area contributed by atoms with Gasteiger partial charge in [-0.05, 0) is 52.2 Å². The van der Waals surface area contributed by atoms with E-state index in [1.54, 1.807) is 13.2 Å². The third-order valence-electron chi connectivity index (χ3n) is 5.24. The predicted molar refractivity (Wildman–Crippen MR) is 106 cm³/mol. The Morgan fingerprint density at radius 3 is 2.86 bits per heavy atom. The number of amides is 1. The molecule has 0 radical (unpaired) electrons. The standard InChI is InChI=1S/C21H30N4O3/c1-13(2)25-20(23-19(24-25)12-28-4)15-8-9-18(26)17(11-15)22-21(27)16-7-5-6-14(3)10-16/h5-7,10,13,15,17-18,26H,8-9,11-12H2,1-4H3,(H,22,27)/t15-,17+,18+/m0/s1. The number of hydrogen-bond donors (Lipinski definition) is 2. The van der Waals surface area contributed by atoms with Gasteiger partial charge in [-0.3, -0.25) is 4.79 Å². The minimum absolute atomic E-state index is 0.131. The summed E-state index contributed by atoms with van der Waals surface area (Å²) < 4.78 is 7.12. The maximum absolute atomic E-state index is 12.6. The lowest BCUT2D eigenvalue weighted by Crippen LogP contribution is -2.47. The molecule has 1 fully saturated rings. The van der Waals surface area contributed by atoms with E-state index in [1.165, 1.54) is 0 Å². The van der Waals surface area contributed by atoms with Crippen LogP contribution in [-0.4, -0.2) is 45.0 Å². The van der Waals surface area contributed by atoms with Crippen LogP contribution < -0.4 is 5.32 Å². The van der Waals surface area contributed by atoms with Crippen molar-refractivity contribution in [2.75, 3.05) is 7.11 Å². The van der Waals surface area contributed by atoms with E-state index >= 15 is 0 Å². The molecule has 0 saturated heterocycles. The Balaban J connectivity index is 1.76. The Labute approximate surface area is 166 Å². The van der Waals surface area contributed by atoms with Gasteiger partial charge >= 0.3 is 0 Å². The number of aliphatic hydroxyl groups excluding tert-OH is 1. The highest BCUT2D eigenvalue weighted by Gasteiger charge is 2.34. The number of benzene rings is 1. The number of carbonyl (C=O) groups is 1. The topological polar surface area (TPSA) is 89.3 Å². The zero-order chi connectivity index (χ0) is 20.3. The molecule has 152 valence electrons. The summed E-state index contributed by atoms with van der Waals surface area (Å²) in [6, 6.07) is 7.34. The van der Waals surface area contributed by atoms with Gasteiger partial charge in [-0.1, -0.05) is 17.7 Å². The summed E-state index contributed by atoms with van der Waals surface area (Å²) in [6.07, 6.45) is 1.51. The molecule has 1 aliphatic rings. The lowest BCUT2D eigenvalue weighted by atomic mass is 9.83. The van der Waals surface area contributed by atoms with Crippen molar-refractivity contribution in [3.05, 3.63) is 47.0 Å². The fourth-order valence-electron chi connectivity index (χ4n) is 3.81. The second-order valence-electron chi connectivity index (χ2n) is 7.88. The Morgan fingerprint density at radius 2 is 2.18 bits per heavy atom. The molecule has 7 heteroatoms. The Bertz CT molecular complexity index is 818. The zero-order valence-corrected chi connectivity index (χ0v) is 17.1. The van der Waals surface area contributed by atoms with Gasteiger partial charge in [0, 0.05) is 24.6 Å². The number of aromatic nitrogens is 3. The van der Waals surface area contributed by atoms with Crippen LogP contribution >= 0.6 is 0 Å². The molecule has 3 atom stereocenters. The number of nitrogens with one attached hydrogen (secondary N) is 1. The molecule has 0 unspecified atom stereocenters. The van der Waals surface area contributed by atoms with Crippen molar-refractivity contribution in [2.24, 2.45) is 0 Å². The van der Waals surface area contributed by atoms with E-state index in [9.17, 15) is 9.90 Å². The zero-order valence-electron chi connectivity index (χ0n) is 17.1. The van der Waals surface area contributed by atoms with Crippen LogP contribution in [0.5, 0.6) is 0 Å². The average molecular weight is 386 g/mol. The van der Waals surface area contributed by atoms with Crippen molar-refractivity contribution in [1.29, 1.82) is 0 Å². The molecule has 3 rings (SSSR count). The summed E-state index contributed by atoms with van der Waals surface area (Å²) in [5.41, 5.74) is 1.65. The fourth-order valence-corrected chi connectivity index (χ4v) is 3.81. The summed E-state index contributed by atoms with van der Waals surface area (Å²) >= 11 is 0. The number of carbonyl (C=O) groups excluding carboxylic acids is 1. The lowest BCUT2D eigenvalue weighted by molar-refractivity contribution is 0.0667. The third kappa shape index (κ3) is 4.59. The van der Waals surface area contributed by atoms with Gasteiger partial charge in [0.15, 0.2) is 5.82 Å². The van der Waals surface area contributed by atoms with Crippen molar-refractivity contribution >= 4 is 5.91 Å². The summed E-state index contributed by atoms with van der Waals surface area (Å²) in [7, 11) is 1.63. The van der Waals surface area contributed by atoms with Crippen LogP contribution in [0.4, 0.5) is 0 Å². The quantitative estimate of drug-likeness (QED) is 0.797. The molecule has 1 aromatic carbocycles. The van der Waals surface area contributed by atoms with Gasteiger partial charge in [0.25, 0.3) is 5.91 Å². The van der Waals surface area contributed by atoms with E-state index in [1.807, 2.05) is 29.8 Å². The molecular weight excluding hydrogens is 356 g/mol. The number of methoxy groups -OCH3 is 1. The molecule has 28 heavy (non-hydrogen) atoms. The van der Waals surface area contributed by atoms with E-state index in [4.69, 9.17) is 4.74 Å². The monoisotopic (exact) mass is 386 g/mol. The third-order valence-corrected chi connectivity index (χ3v) is 5.24. The lowest BCUT2D eigenvalue weighted by Gasteiger charge is -2.33. The summed E-state index contributed by atoms with van der Waals surface area (Å²) in [5, 5.41) is 18.1. The van der Waals surface area contributed by atoms with E-state index in [2.05, 4.69) is 29.2 Å². The van der Waals surface area contributed by atoms with Crippen LogP contribution in [-0.2, 0) is 11.3 Å². The van der Waals surface area contributed by atoms with Crippen LogP contribution in [0.2, 0.25) is 0 Å². The van der Waals surface area contributed by atoms with E-state index in [0.29, 0.717) is 30.8 Å². The van der Waals surface area contributed by atoms with E-state index in [-0.39, 0.29) is 23.9 Å². The molecule has 1 aromatic heterocycles. The van der Waals surface area contributed by atoms with Crippen molar-refractivity contribution in [2.45, 2.75) is 70.7 Å². The summed E-state index contributed by atoms with van der Waals surface area (Å²) in [6.45, 7) is 6.47. The molecule has 2 N–H and O–H groups in total. The highest BCUT2D eigenvalue weighted by atomic mass is 16.5. The molecule has 1 aliphatic carbocycles. The van der Waals surface area contributed by atoms with E-state index < -0.39 is 6.10 Å². The maximum atomic E-state index is 12.6. The first-order valence-electron chi connectivity index (χ1n) is 9.89. The molecule has 1 heterocycles. The maximum Gasteiger partial charge on any atom is 0.251 e. The van der Waals surface area contributed by atoms with Gasteiger partial charge in [-0.25, -0.2) is 9.67 Å². The van der Waals surface area contributed by atoms with Gasteiger partial charge in [-0.15, -0.1) is 0 Å². The first-order valence-corrected chi connectivity index (χ1v) is 9.89. The average Bonchev–Trinajstić information content (AvgIpc) is 3.08. The van der Waals surface area contributed by atoms with Crippen LogP contribution in [0.3, 0.4) is 0 Å². The van der Waals surface area contributed by atoms with Crippen molar-refractivity contribution in [1.82, 2.24) is 20.1 Å². The minimum atomic E-state index is -0.557. The Morgan fingerprint density at radius 1 is 1.39 bits per heavy atom. The predicted octanol–water partition coefficient (Wildman–Crippen LogP) is 2.74. The first-order chi connectivity index (χ1) is 13.4. The first kappa shape index (κ1) is 20.5. The molecule has 0 aliphatic heterocycles. The second kappa shape index (κ2) is 8.84. The van der Waals surface area contributed by atoms with Gasteiger partial charge in [0.1, 0.15) is 12.4 Å². The van der Waals surface area contributed by atoms with Gasteiger partial charge < -0.3 is 15.2 Å². The summed E-state index contributed by atoms with van der Waals surface area (Å²) in [4.78, 5) is 17.3. The molecule has 1 saturated carbocycles. The largest absolute Gasteiger partial charge is 0.391 e. The van der Waals surface area contributed by atoms with E-state index in [0.717, 1.165) is 17.8 Å². The van der Waals surface area contributed by atoms with Crippen molar-refractivity contribution < 1.29 is 14.6 Å². The minimum Gasteiger partial charge on any atom is -0.391 e. The van der Waals surface area contributed by atoms with Gasteiger partial charge in [-0.2, -0.15) is 5.10 Å². The number of aryl methyl sites for hydroxylation is 1. The highest BCUT2D eigenvalue weighted by molar-refractivity contribution is 5.94. The van der Waals surface area contributed by atoms with Crippen LogP contribution in [0.25, 0.3) is 0 Å². The van der Waals surface area contributed by atoms with Gasteiger partial charge in [0.2, 0.25) is 0 Å². The molecule has 0 spiro atoms. The number of rotatable bonds is 6. The smallest absolute Gasteiger partial charge is 0.251 e. The molecule has 7 nitrogen and oxygen atoms in total. The second-order valence-corrected chi connectivity index (χ2v) is 7.88. The van der Waals surface area contributed by atoms with Crippen molar-refractivity contribution in [3.8, 4) is 0 Å². The van der Waals surface area contributed by atoms with Crippen LogP contribution in [0, 0.1) is 6.92 Å². The summed E-state index contributed by atoms with van der Waals surface area (Å²) in [5.74, 6) is 1.55. The number of nitrogens with zero attached hydrogens (tertiary/aromatic N) is 3. The molecule has 1 amide bonds. The highest BCUT2D eigenvalue weighted by Crippen LogP contribution is 2.33. The Kier molecular flexibility index (Phi) is 6.46. The van der Waals surface area contributed by atoms with Crippen LogP contribution in [0.1, 0.15) is 72.6 Å². The Hall–Kier alpha value is -2.25. The molecule has 2 aromatic rings. The fraction of sp³-hybridized carbons (Fsp3) is 0.571. The SMILES string of the molecule is COCc1nc([C@H]2CC[C@@H](O)[C@H](NC(=O)c3cccc(C)c3)C2)n(C(C)C)n1.